The molecule has 12 heavy (non-hydrogen) atoms. The molecule has 2 atom stereocenters. The molecule has 0 aromatic carbocycles. The van der Waals surface area contributed by atoms with Crippen LogP contribution >= 0.6 is 11.3 Å². The molecule has 1 aliphatic rings. The van der Waals surface area contributed by atoms with Crippen molar-refractivity contribution in [3.05, 3.63) is 22.4 Å². The Balaban J connectivity index is 2.00. The maximum absolute atomic E-state index is 8.92. The van der Waals surface area contributed by atoms with Gasteiger partial charge in [0, 0.05) is 17.0 Å². The van der Waals surface area contributed by atoms with Gasteiger partial charge in [-0.15, -0.1) is 11.3 Å². The van der Waals surface area contributed by atoms with E-state index >= 15 is 0 Å². The van der Waals surface area contributed by atoms with Crippen LogP contribution in [0.3, 0.4) is 0 Å². The topological polar surface area (TPSA) is 32.3 Å². The summed E-state index contributed by atoms with van der Waals surface area (Å²) in [5, 5.41) is 14.4. The van der Waals surface area contributed by atoms with Gasteiger partial charge in [0.25, 0.3) is 0 Å². The molecule has 0 aliphatic carbocycles. The highest BCUT2D eigenvalue weighted by atomic mass is 32.1. The Bertz CT molecular complexity index is 235. The summed E-state index contributed by atoms with van der Waals surface area (Å²) in [4.78, 5) is 1.39. The molecule has 2 N–H and O–H groups in total. The minimum atomic E-state index is 0.266. The molecule has 0 saturated carbocycles. The Kier molecular flexibility index (Phi) is 2.44. The van der Waals surface area contributed by atoms with Gasteiger partial charge in [0.15, 0.2) is 0 Å². The van der Waals surface area contributed by atoms with Crippen molar-refractivity contribution in [3.8, 4) is 0 Å². The van der Waals surface area contributed by atoms with Crippen molar-refractivity contribution in [3.63, 3.8) is 0 Å². The highest BCUT2D eigenvalue weighted by Gasteiger charge is 2.24. The number of hydrogen-bond acceptors (Lipinski definition) is 3. The summed E-state index contributed by atoms with van der Waals surface area (Å²) in [6, 6.07) is 5.04. The fourth-order valence-electron chi connectivity index (χ4n) is 1.68. The molecule has 2 rings (SSSR count). The lowest BCUT2D eigenvalue weighted by atomic mass is 10.2. The predicted octanol–water partition coefficient (Wildman–Crippen LogP) is 1.53. The molecule has 2 heterocycles. The van der Waals surface area contributed by atoms with Crippen LogP contribution in [-0.4, -0.2) is 17.8 Å². The lowest BCUT2D eigenvalue weighted by Crippen LogP contribution is -2.26. The molecule has 2 nitrogen and oxygen atoms in total. The SMILES string of the molecule is OC[C@@H]1CC[C@H](c2cccs2)N1. The van der Waals surface area contributed by atoms with E-state index in [9.17, 15) is 0 Å². The lowest BCUT2D eigenvalue weighted by molar-refractivity contribution is 0.252. The average Bonchev–Trinajstić information content (AvgIpc) is 2.75. The van der Waals surface area contributed by atoms with Crippen molar-refractivity contribution in [2.75, 3.05) is 6.61 Å². The minimum Gasteiger partial charge on any atom is -0.395 e. The molecule has 0 unspecified atom stereocenters. The molecular formula is C9H13NOS. The Morgan fingerprint density at radius 2 is 2.50 bits per heavy atom. The third-order valence-corrected chi connectivity index (χ3v) is 3.33. The normalized spacial score (nSPS) is 29.4. The van der Waals surface area contributed by atoms with Crippen molar-refractivity contribution in [1.29, 1.82) is 0 Å². The molecule has 1 aromatic heterocycles. The first-order chi connectivity index (χ1) is 5.90. The first kappa shape index (κ1) is 8.23. The summed E-state index contributed by atoms with van der Waals surface area (Å²) in [5.74, 6) is 0. The van der Waals surface area contributed by atoms with Gasteiger partial charge in [-0.05, 0) is 24.3 Å². The van der Waals surface area contributed by atoms with Gasteiger partial charge in [-0.2, -0.15) is 0 Å². The van der Waals surface area contributed by atoms with E-state index in [4.69, 9.17) is 5.11 Å². The molecule has 1 fully saturated rings. The first-order valence-corrected chi connectivity index (χ1v) is 5.18. The zero-order chi connectivity index (χ0) is 8.39. The lowest BCUT2D eigenvalue weighted by Gasteiger charge is -2.09. The van der Waals surface area contributed by atoms with Gasteiger partial charge in [-0.1, -0.05) is 6.07 Å². The maximum atomic E-state index is 8.92. The van der Waals surface area contributed by atoms with Crippen LogP contribution in [0, 0.1) is 0 Å². The number of hydrogen-bond donors (Lipinski definition) is 2. The Hall–Kier alpha value is -0.380. The molecule has 3 heteroatoms. The molecule has 1 aliphatic heterocycles. The van der Waals surface area contributed by atoms with Gasteiger partial charge >= 0.3 is 0 Å². The number of rotatable bonds is 2. The van der Waals surface area contributed by atoms with Crippen LogP contribution in [0.15, 0.2) is 17.5 Å². The van der Waals surface area contributed by atoms with Crippen molar-refractivity contribution < 1.29 is 5.11 Å². The number of thiophene rings is 1. The van der Waals surface area contributed by atoms with Crippen LogP contribution in [0.25, 0.3) is 0 Å². The largest absolute Gasteiger partial charge is 0.395 e. The van der Waals surface area contributed by atoms with E-state index in [1.54, 1.807) is 11.3 Å². The maximum Gasteiger partial charge on any atom is 0.0584 e. The van der Waals surface area contributed by atoms with E-state index in [0.717, 1.165) is 12.8 Å². The van der Waals surface area contributed by atoms with Crippen molar-refractivity contribution in [1.82, 2.24) is 5.32 Å². The first-order valence-electron chi connectivity index (χ1n) is 4.30. The van der Waals surface area contributed by atoms with E-state index in [1.807, 2.05) is 0 Å². The standard InChI is InChI=1S/C9H13NOS/c11-6-7-3-4-8(10-7)9-2-1-5-12-9/h1-2,5,7-8,10-11H,3-4,6H2/t7-,8+/m0/s1. The fourth-order valence-corrected chi connectivity index (χ4v) is 2.50. The van der Waals surface area contributed by atoms with Crippen LogP contribution in [0.4, 0.5) is 0 Å². The van der Waals surface area contributed by atoms with Gasteiger partial charge in [0.05, 0.1) is 6.61 Å². The van der Waals surface area contributed by atoms with Gasteiger partial charge in [0.2, 0.25) is 0 Å². The van der Waals surface area contributed by atoms with E-state index in [0.29, 0.717) is 12.1 Å². The summed E-state index contributed by atoms with van der Waals surface area (Å²) in [6.45, 7) is 0.266. The number of aliphatic hydroxyl groups is 1. The van der Waals surface area contributed by atoms with Crippen LogP contribution in [-0.2, 0) is 0 Å². The molecule has 1 aromatic rings. The van der Waals surface area contributed by atoms with Crippen LogP contribution in [0.2, 0.25) is 0 Å². The molecular weight excluding hydrogens is 170 g/mol. The Morgan fingerprint density at radius 1 is 1.58 bits per heavy atom. The van der Waals surface area contributed by atoms with E-state index in [-0.39, 0.29) is 6.61 Å². The van der Waals surface area contributed by atoms with Crippen molar-refractivity contribution >= 4 is 11.3 Å². The molecule has 66 valence electrons. The summed E-state index contributed by atoms with van der Waals surface area (Å²) in [5.41, 5.74) is 0. The zero-order valence-corrected chi connectivity index (χ0v) is 7.68. The van der Waals surface area contributed by atoms with Crippen molar-refractivity contribution in [2.24, 2.45) is 0 Å². The predicted molar refractivity (Wildman–Crippen MR) is 50.3 cm³/mol. The summed E-state index contributed by atoms with van der Waals surface area (Å²) < 4.78 is 0. The van der Waals surface area contributed by atoms with E-state index < -0.39 is 0 Å². The fraction of sp³-hybridized carbons (Fsp3) is 0.556. The van der Waals surface area contributed by atoms with Crippen LogP contribution in [0.5, 0.6) is 0 Å². The van der Waals surface area contributed by atoms with Gasteiger partial charge < -0.3 is 10.4 Å². The van der Waals surface area contributed by atoms with Gasteiger partial charge in [0.1, 0.15) is 0 Å². The monoisotopic (exact) mass is 183 g/mol. The molecule has 0 spiro atoms. The molecule has 0 radical (unpaired) electrons. The quantitative estimate of drug-likeness (QED) is 0.729. The Morgan fingerprint density at radius 3 is 3.08 bits per heavy atom. The highest BCUT2D eigenvalue weighted by molar-refractivity contribution is 7.10. The average molecular weight is 183 g/mol. The van der Waals surface area contributed by atoms with Crippen LogP contribution in [0.1, 0.15) is 23.8 Å². The molecule has 0 amide bonds. The van der Waals surface area contributed by atoms with Crippen LogP contribution < -0.4 is 5.32 Å². The minimum absolute atomic E-state index is 0.266. The van der Waals surface area contributed by atoms with Gasteiger partial charge in [-0.3, -0.25) is 0 Å². The number of aliphatic hydroxyl groups excluding tert-OH is 1. The second-order valence-corrected chi connectivity index (χ2v) is 4.17. The van der Waals surface area contributed by atoms with E-state index in [1.165, 1.54) is 4.88 Å². The molecule has 1 saturated heterocycles. The highest BCUT2D eigenvalue weighted by Crippen LogP contribution is 2.28. The Labute approximate surface area is 76.2 Å². The van der Waals surface area contributed by atoms with Crippen molar-refractivity contribution in [2.45, 2.75) is 24.9 Å². The zero-order valence-electron chi connectivity index (χ0n) is 6.86. The summed E-state index contributed by atoms with van der Waals surface area (Å²) in [6.07, 6.45) is 2.25. The second-order valence-electron chi connectivity index (χ2n) is 3.19. The van der Waals surface area contributed by atoms with E-state index in [2.05, 4.69) is 22.8 Å². The van der Waals surface area contributed by atoms with Gasteiger partial charge in [-0.25, -0.2) is 0 Å². The smallest absolute Gasteiger partial charge is 0.0584 e. The third-order valence-electron chi connectivity index (χ3n) is 2.35. The summed E-state index contributed by atoms with van der Waals surface area (Å²) in [7, 11) is 0. The summed E-state index contributed by atoms with van der Waals surface area (Å²) >= 11 is 1.79. The second kappa shape index (κ2) is 3.56. The third kappa shape index (κ3) is 1.53. The molecule has 0 bridgehead atoms. The number of nitrogens with one attached hydrogen (secondary N) is 1.